The van der Waals surface area contributed by atoms with Crippen LogP contribution in [0.25, 0.3) is 11.1 Å². The van der Waals surface area contributed by atoms with Gasteiger partial charge in [0.1, 0.15) is 5.82 Å². The first-order valence-corrected chi connectivity index (χ1v) is 15.1. The Morgan fingerprint density at radius 3 is 2.36 bits per heavy atom. The monoisotopic (exact) mass is 566 g/mol. The smallest absolute Gasteiger partial charge is 0.276 e. The number of hydroxylamine groups is 1. The van der Waals surface area contributed by atoms with E-state index >= 15 is 0 Å². The number of rotatable bonds is 9. The maximum atomic E-state index is 12.6. The van der Waals surface area contributed by atoms with E-state index in [2.05, 4.69) is 69.2 Å². The fraction of sp³-hybridized carbons (Fsp3) is 0.382. The van der Waals surface area contributed by atoms with Crippen LogP contribution in [0.5, 0.6) is 0 Å². The van der Waals surface area contributed by atoms with Crippen LogP contribution in [-0.4, -0.2) is 49.3 Å². The molecule has 0 bridgehead atoms. The number of nitrogens with one attached hydrogen (secondary N) is 2. The highest BCUT2D eigenvalue weighted by Gasteiger charge is 2.27. The van der Waals surface area contributed by atoms with E-state index in [0.29, 0.717) is 24.6 Å². The molecule has 3 aromatic rings. The van der Waals surface area contributed by atoms with E-state index in [0.717, 1.165) is 57.4 Å². The number of nitrogens with zero attached hydrogens (tertiary/aromatic N) is 2. The van der Waals surface area contributed by atoms with Crippen LogP contribution in [0.1, 0.15) is 65.9 Å². The Bertz CT molecular complexity index is 1360. The van der Waals surface area contributed by atoms with Gasteiger partial charge in [-0.15, -0.1) is 0 Å². The molecular formula is C34H38N4O4. The third-order valence-corrected chi connectivity index (χ3v) is 8.54. The molecule has 2 N–H and O–H groups in total. The van der Waals surface area contributed by atoms with E-state index in [1.54, 1.807) is 18.3 Å². The molecule has 6 rings (SSSR count). The summed E-state index contributed by atoms with van der Waals surface area (Å²) in [7, 11) is 0. The largest absolute Gasteiger partial charge is 0.357 e. The fourth-order valence-electron chi connectivity index (χ4n) is 6.18. The lowest BCUT2D eigenvalue weighted by molar-refractivity contribution is -0.186. The van der Waals surface area contributed by atoms with Crippen molar-refractivity contribution in [3.63, 3.8) is 0 Å². The van der Waals surface area contributed by atoms with Gasteiger partial charge in [0.05, 0.1) is 5.56 Å². The maximum absolute atomic E-state index is 12.6. The summed E-state index contributed by atoms with van der Waals surface area (Å²) in [4.78, 5) is 37.1. The molecule has 8 nitrogen and oxygen atoms in total. The molecule has 2 aromatic carbocycles. The second-order valence-corrected chi connectivity index (χ2v) is 11.3. The molecule has 2 fully saturated rings. The summed E-state index contributed by atoms with van der Waals surface area (Å²) in [6.45, 7) is 3.04. The van der Waals surface area contributed by atoms with Crippen LogP contribution in [0, 0.1) is 5.92 Å². The second-order valence-electron chi connectivity index (χ2n) is 11.3. The summed E-state index contributed by atoms with van der Waals surface area (Å²) in [5.41, 5.74) is 8.19. The maximum Gasteiger partial charge on any atom is 0.276 e. The molecule has 1 unspecified atom stereocenters. The summed E-state index contributed by atoms with van der Waals surface area (Å²) in [6.07, 6.45) is 10.5. The minimum Gasteiger partial charge on any atom is -0.357 e. The van der Waals surface area contributed by atoms with Gasteiger partial charge in [-0.05, 0) is 78.5 Å². The summed E-state index contributed by atoms with van der Waals surface area (Å²) >= 11 is 0. The molecule has 1 atom stereocenters. The van der Waals surface area contributed by atoms with Gasteiger partial charge in [-0.2, -0.15) is 0 Å². The summed E-state index contributed by atoms with van der Waals surface area (Å²) in [5.74, 6) is 1.20. The van der Waals surface area contributed by atoms with Gasteiger partial charge in [0.2, 0.25) is 5.91 Å². The Kier molecular flexibility index (Phi) is 8.92. The molecular weight excluding hydrogens is 528 g/mol. The van der Waals surface area contributed by atoms with E-state index in [1.807, 2.05) is 12.1 Å². The number of pyridine rings is 1. The number of hydrogen-bond donors (Lipinski definition) is 2. The number of piperidine rings is 1. The number of amides is 2. The molecule has 2 saturated heterocycles. The van der Waals surface area contributed by atoms with Gasteiger partial charge in [-0.25, -0.2) is 15.3 Å². The van der Waals surface area contributed by atoms with E-state index in [-0.39, 0.29) is 24.0 Å². The molecule has 218 valence electrons. The summed E-state index contributed by atoms with van der Waals surface area (Å²) in [6, 6.07) is 20.8. The van der Waals surface area contributed by atoms with Crippen molar-refractivity contribution in [1.82, 2.24) is 15.8 Å². The van der Waals surface area contributed by atoms with Crippen molar-refractivity contribution in [1.29, 1.82) is 0 Å². The predicted molar refractivity (Wildman–Crippen MR) is 162 cm³/mol. The van der Waals surface area contributed by atoms with Crippen molar-refractivity contribution < 1.29 is 19.2 Å². The van der Waals surface area contributed by atoms with Crippen LogP contribution in [0.15, 0.2) is 79.0 Å². The fourth-order valence-corrected chi connectivity index (χ4v) is 6.18. The van der Waals surface area contributed by atoms with Crippen LogP contribution in [0.3, 0.4) is 0 Å². The summed E-state index contributed by atoms with van der Waals surface area (Å²) < 4.78 is 5.47. The van der Waals surface area contributed by atoms with Crippen molar-refractivity contribution in [2.24, 2.45) is 5.92 Å². The van der Waals surface area contributed by atoms with Gasteiger partial charge < -0.3 is 15.0 Å². The number of benzene rings is 2. The lowest BCUT2D eigenvalue weighted by atomic mass is 9.93. The molecule has 1 aromatic heterocycles. The Labute approximate surface area is 247 Å². The van der Waals surface area contributed by atoms with Crippen LogP contribution in [0.2, 0.25) is 0 Å². The number of hydrogen-bond acceptors (Lipinski definition) is 6. The average Bonchev–Trinajstić information content (AvgIpc) is 3.37. The summed E-state index contributed by atoms with van der Waals surface area (Å²) in [5, 5.41) is 3.10. The van der Waals surface area contributed by atoms with Gasteiger partial charge >= 0.3 is 0 Å². The minimum absolute atomic E-state index is 0.0356. The van der Waals surface area contributed by atoms with Gasteiger partial charge in [0, 0.05) is 44.8 Å². The number of carbonyl (C=O) groups excluding carboxylic acids is 2. The van der Waals surface area contributed by atoms with Crippen molar-refractivity contribution in [3.8, 4) is 11.1 Å². The second kappa shape index (κ2) is 13.3. The number of allylic oxidation sites excluding steroid dienone is 1. The van der Waals surface area contributed by atoms with Crippen LogP contribution in [-0.2, 0) is 14.4 Å². The molecule has 3 heterocycles. The first-order chi connectivity index (χ1) is 20.7. The molecule has 1 aliphatic carbocycles. The van der Waals surface area contributed by atoms with Crippen LogP contribution >= 0.6 is 0 Å². The Balaban J connectivity index is 0.922. The van der Waals surface area contributed by atoms with E-state index < -0.39 is 0 Å². The van der Waals surface area contributed by atoms with Crippen molar-refractivity contribution in [3.05, 3.63) is 95.7 Å². The van der Waals surface area contributed by atoms with Crippen LogP contribution < -0.4 is 15.7 Å². The van der Waals surface area contributed by atoms with Gasteiger partial charge in [-0.3, -0.25) is 9.59 Å². The van der Waals surface area contributed by atoms with Gasteiger partial charge in [0.25, 0.3) is 5.91 Å². The predicted octanol–water partition coefficient (Wildman–Crippen LogP) is 5.36. The minimum atomic E-state index is -0.384. The van der Waals surface area contributed by atoms with Gasteiger partial charge in [0.15, 0.2) is 6.29 Å². The van der Waals surface area contributed by atoms with Crippen molar-refractivity contribution in [2.75, 3.05) is 31.1 Å². The number of aromatic nitrogens is 1. The van der Waals surface area contributed by atoms with Crippen molar-refractivity contribution >= 4 is 17.6 Å². The lowest BCUT2D eigenvalue weighted by Crippen LogP contribution is -2.38. The zero-order valence-electron chi connectivity index (χ0n) is 23.8. The van der Waals surface area contributed by atoms with Gasteiger partial charge in [-0.1, -0.05) is 54.6 Å². The quantitative estimate of drug-likeness (QED) is 0.268. The molecule has 2 aliphatic heterocycles. The zero-order chi connectivity index (χ0) is 28.7. The molecule has 0 spiro atoms. The Hall–Kier alpha value is -4.01. The Morgan fingerprint density at radius 1 is 0.952 bits per heavy atom. The topological polar surface area (TPSA) is 92.8 Å². The van der Waals surface area contributed by atoms with E-state index in [1.165, 1.54) is 22.3 Å². The first kappa shape index (κ1) is 28.1. The third kappa shape index (κ3) is 6.55. The van der Waals surface area contributed by atoms with E-state index in [4.69, 9.17) is 9.57 Å². The molecule has 0 saturated carbocycles. The normalized spacial score (nSPS) is 19.0. The number of carbonyl (C=O) groups is 2. The lowest BCUT2D eigenvalue weighted by Gasteiger charge is -2.32. The standard InChI is InChI=1S/C34H38N4O4/c39-32(13-7-12-30-28-10-3-1-8-26(28)27-9-2-4-11-29(27)30)36-22-24-17-19-38(20-18-24)31-16-15-25(23-35-31)34(40)37-42-33-14-5-6-21-41-33/h1-4,7-11,13,15-16,23-24,30,33H,5-6,12,14,17-22H2,(H,36,39)(H,37,40)/b13-7-. The average molecular weight is 567 g/mol. The molecule has 3 aliphatic rings. The molecule has 2 amide bonds. The number of anilines is 1. The number of ether oxygens (including phenoxy) is 1. The van der Waals surface area contributed by atoms with Crippen LogP contribution in [0.4, 0.5) is 5.82 Å². The number of fused-ring (bicyclic) bond motifs is 3. The molecule has 8 heteroatoms. The Morgan fingerprint density at radius 2 is 1.69 bits per heavy atom. The zero-order valence-corrected chi connectivity index (χ0v) is 23.8. The first-order valence-electron chi connectivity index (χ1n) is 15.1. The highest BCUT2D eigenvalue weighted by molar-refractivity contribution is 5.93. The highest BCUT2D eigenvalue weighted by atomic mass is 16.8. The SMILES string of the molecule is O=C(/C=C\CC1c2ccccc2-c2ccccc21)NCC1CCN(c2ccc(C(=O)NOC3CCCCO3)cn2)CC1. The van der Waals surface area contributed by atoms with Crippen molar-refractivity contribution in [2.45, 2.75) is 50.7 Å². The third-order valence-electron chi connectivity index (χ3n) is 8.54. The molecule has 0 radical (unpaired) electrons. The highest BCUT2D eigenvalue weighted by Crippen LogP contribution is 2.46. The molecule has 42 heavy (non-hydrogen) atoms. The van der Waals surface area contributed by atoms with E-state index in [9.17, 15) is 9.59 Å².